The molecule has 0 saturated heterocycles. The number of nitrogens with zero attached hydrogens (tertiary/aromatic N) is 1. The summed E-state index contributed by atoms with van der Waals surface area (Å²) >= 11 is 0. The van der Waals surface area contributed by atoms with Gasteiger partial charge in [-0.2, -0.15) is 0 Å². The first-order valence-corrected chi connectivity index (χ1v) is 7.46. The van der Waals surface area contributed by atoms with Gasteiger partial charge in [-0.3, -0.25) is 9.69 Å². The Morgan fingerprint density at radius 2 is 1.65 bits per heavy atom. The van der Waals surface area contributed by atoms with E-state index in [2.05, 4.69) is 6.58 Å². The Kier molecular flexibility index (Phi) is 5.55. The first-order chi connectivity index (χ1) is 11.0. The summed E-state index contributed by atoms with van der Waals surface area (Å²) in [7, 11) is 0. The molecule has 0 aromatic heterocycles. The SMILES string of the molecule is C=C(C)CC(CO)C(=O)N(c1ccccc1)c1ccc(O)cc1. The van der Waals surface area contributed by atoms with Crippen molar-refractivity contribution in [3.63, 3.8) is 0 Å². The van der Waals surface area contributed by atoms with Crippen LogP contribution in [0.4, 0.5) is 11.4 Å². The monoisotopic (exact) mass is 311 g/mol. The molecule has 1 atom stereocenters. The average Bonchev–Trinajstić information content (AvgIpc) is 2.55. The smallest absolute Gasteiger partial charge is 0.237 e. The maximum absolute atomic E-state index is 13.0. The molecule has 0 aliphatic rings. The fraction of sp³-hybridized carbons (Fsp3) is 0.211. The number of aliphatic hydroxyl groups is 1. The number of allylic oxidation sites excluding steroid dienone is 1. The predicted molar refractivity (Wildman–Crippen MR) is 91.7 cm³/mol. The normalized spacial score (nSPS) is 11.7. The number of amides is 1. The van der Waals surface area contributed by atoms with Crippen molar-refractivity contribution in [3.8, 4) is 5.75 Å². The standard InChI is InChI=1S/C19H21NO3/c1-14(2)12-15(13-21)19(23)20(16-6-4-3-5-7-16)17-8-10-18(22)11-9-17/h3-11,15,21-22H,1,12-13H2,2H3. The second-order valence-corrected chi connectivity index (χ2v) is 5.57. The number of aliphatic hydroxyl groups excluding tert-OH is 1. The second-order valence-electron chi connectivity index (χ2n) is 5.57. The van der Waals surface area contributed by atoms with Crippen molar-refractivity contribution >= 4 is 17.3 Å². The molecule has 0 aliphatic carbocycles. The number of para-hydroxylation sites is 1. The molecule has 0 saturated carbocycles. The second kappa shape index (κ2) is 7.61. The highest BCUT2D eigenvalue weighted by Gasteiger charge is 2.26. The minimum atomic E-state index is -0.554. The van der Waals surface area contributed by atoms with Crippen LogP contribution in [0.1, 0.15) is 13.3 Å². The Labute approximate surface area is 136 Å². The van der Waals surface area contributed by atoms with Crippen LogP contribution in [-0.2, 0) is 4.79 Å². The summed E-state index contributed by atoms with van der Waals surface area (Å²) < 4.78 is 0. The maximum Gasteiger partial charge on any atom is 0.237 e. The molecule has 0 bridgehead atoms. The molecule has 0 fully saturated rings. The summed E-state index contributed by atoms with van der Waals surface area (Å²) in [5.74, 6) is -0.622. The molecule has 1 amide bonds. The van der Waals surface area contributed by atoms with Crippen LogP contribution in [-0.4, -0.2) is 22.7 Å². The van der Waals surface area contributed by atoms with E-state index in [-0.39, 0.29) is 18.3 Å². The highest BCUT2D eigenvalue weighted by molar-refractivity contribution is 6.02. The molecule has 120 valence electrons. The Balaban J connectivity index is 2.43. The van der Waals surface area contributed by atoms with E-state index in [4.69, 9.17) is 0 Å². The fourth-order valence-corrected chi connectivity index (χ4v) is 2.42. The van der Waals surface area contributed by atoms with Crippen LogP contribution in [0.2, 0.25) is 0 Å². The van der Waals surface area contributed by atoms with Crippen molar-refractivity contribution in [2.75, 3.05) is 11.5 Å². The third-order valence-corrected chi connectivity index (χ3v) is 3.51. The Morgan fingerprint density at radius 3 is 2.17 bits per heavy atom. The van der Waals surface area contributed by atoms with E-state index in [0.29, 0.717) is 17.8 Å². The van der Waals surface area contributed by atoms with Crippen LogP contribution in [0.15, 0.2) is 66.7 Å². The van der Waals surface area contributed by atoms with E-state index in [9.17, 15) is 15.0 Å². The van der Waals surface area contributed by atoms with Gasteiger partial charge in [-0.25, -0.2) is 0 Å². The van der Waals surface area contributed by atoms with E-state index >= 15 is 0 Å². The van der Waals surface area contributed by atoms with Gasteiger partial charge in [0.05, 0.1) is 12.5 Å². The van der Waals surface area contributed by atoms with E-state index in [1.165, 1.54) is 12.1 Å². The molecule has 0 aliphatic heterocycles. The Hall–Kier alpha value is -2.59. The first kappa shape index (κ1) is 16.8. The lowest BCUT2D eigenvalue weighted by molar-refractivity contribution is -0.122. The quantitative estimate of drug-likeness (QED) is 0.801. The molecule has 2 aromatic carbocycles. The van der Waals surface area contributed by atoms with E-state index in [1.807, 2.05) is 37.3 Å². The number of aromatic hydroxyl groups is 1. The van der Waals surface area contributed by atoms with Crippen molar-refractivity contribution in [3.05, 3.63) is 66.7 Å². The number of carbonyl (C=O) groups excluding carboxylic acids is 1. The van der Waals surface area contributed by atoms with Gasteiger partial charge in [-0.1, -0.05) is 23.8 Å². The van der Waals surface area contributed by atoms with Crippen molar-refractivity contribution in [1.29, 1.82) is 0 Å². The lowest BCUT2D eigenvalue weighted by atomic mass is 9.99. The maximum atomic E-state index is 13.0. The summed E-state index contributed by atoms with van der Waals surface area (Å²) in [6, 6.07) is 15.7. The van der Waals surface area contributed by atoms with Gasteiger partial charge in [-0.05, 0) is 49.7 Å². The molecule has 2 N–H and O–H groups in total. The number of benzene rings is 2. The number of phenols is 1. The predicted octanol–water partition coefficient (Wildman–Crippen LogP) is 3.63. The number of hydrogen-bond acceptors (Lipinski definition) is 3. The number of phenolic OH excluding ortho intramolecular Hbond substituents is 1. The molecule has 4 heteroatoms. The summed E-state index contributed by atoms with van der Waals surface area (Å²) in [4.78, 5) is 14.5. The number of hydrogen-bond donors (Lipinski definition) is 2. The fourth-order valence-electron chi connectivity index (χ4n) is 2.42. The molecular formula is C19H21NO3. The number of rotatable bonds is 6. The topological polar surface area (TPSA) is 60.8 Å². The highest BCUT2D eigenvalue weighted by atomic mass is 16.3. The van der Waals surface area contributed by atoms with Gasteiger partial charge in [0, 0.05) is 11.4 Å². The van der Waals surface area contributed by atoms with Gasteiger partial charge in [0.2, 0.25) is 5.91 Å². The average molecular weight is 311 g/mol. The Bertz CT molecular complexity index is 665. The summed E-state index contributed by atoms with van der Waals surface area (Å²) in [5, 5.41) is 19.1. The van der Waals surface area contributed by atoms with Gasteiger partial charge in [0.1, 0.15) is 5.75 Å². The largest absolute Gasteiger partial charge is 0.508 e. The summed E-state index contributed by atoms with van der Waals surface area (Å²) in [5.41, 5.74) is 2.19. The van der Waals surface area contributed by atoms with Crippen molar-refractivity contribution in [1.82, 2.24) is 0 Å². The van der Waals surface area contributed by atoms with E-state index in [0.717, 1.165) is 5.57 Å². The summed E-state index contributed by atoms with van der Waals surface area (Å²) in [6.07, 6.45) is 0.427. The van der Waals surface area contributed by atoms with Crippen LogP contribution in [0.3, 0.4) is 0 Å². The van der Waals surface area contributed by atoms with Crippen LogP contribution >= 0.6 is 0 Å². The molecule has 0 spiro atoms. The minimum Gasteiger partial charge on any atom is -0.508 e. The van der Waals surface area contributed by atoms with E-state index < -0.39 is 5.92 Å². The zero-order valence-electron chi connectivity index (χ0n) is 13.1. The van der Waals surface area contributed by atoms with Crippen molar-refractivity contribution in [2.45, 2.75) is 13.3 Å². The lowest BCUT2D eigenvalue weighted by Gasteiger charge is -2.27. The van der Waals surface area contributed by atoms with Gasteiger partial charge < -0.3 is 10.2 Å². The first-order valence-electron chi connectivity index (χ1n) is 7.46. The van der Waals surface area contributed by atoms with Crippen LogP contribution in [0.5, 0.6) is 5.75 Å². The number of anilines is 2. The molecule has 1 unspecified atom stereocenters. The molecular weight excluding hydrogens is 290 g/mol. The Morgan fingerprint density at radius 1 is 1.09 bits per heavy atom. The van der Waals surface area contributed by atoms with E-state index in [1.54, 1.807) is 17.0 Å². The lowest BCUT2D eigenvalue weighted by Crippen LogP contribution is -2.34. The molecule has 0 heterocycles. The third-order valence-electron chi connectivity index (χ3n) is 3.51. The van der Waals surface area contributed by atoms with Crippen LogP contribution < -0.4 is 4.90 Å². The van der Waals surface area contributed by atoms with Gasteiger partial charge in [-0.15, -0.1) is 6.58 Å². The highest BCUT2D eigenvalue weighted by Crippen LogP contribution is 2.29. The molecule has 2 aromatic rings. The van der Waals surface area contributed by atoms with Crippen molar-refractivity contribution < 1.29 is 15.0 Å². The van der Waals surface area contributed by atoms with Gasteiger partial charge >= 0.3 is 0 Å². The van der Waals surface area contributed by atoms with Crippen LogP contribution in [0.25, 0.3) is 0 Å². The zero-order chi connectivity index (χ0) is 16.8. The molecule has 2 rings (SSSR count). The molecule has 23 heavy (non-hydrogen) atoms. The summed E-state index contributed by atoms with van der Waals surface area (Å²) in [6.45, 7) is 5.42. The van der Waals surface area contributed by atoms with Crippen molar-refractivity contribution in [2.24, 2.45) is 5.92 Å². The van der Waals surface area contributed by atoms with Gasteiger partial charge in [0.15, 0.2) is 0 Å². The molecule has 4 nitrogen and oxygen atoms in total. The number of carbonyl (C=O) groups is 1. The third kappa shape index (κ3) is 4.20. The zero-order valence-corrected chi connectivity index (χ0v) is 13.1. The van der Waals surface area contributed by atoms with Gasteiger partial charge in [0.25, 0.3) is 0 Å². The van der Waals surface area contributed by atoms with Crippen LogP contribution in [0, 0.1) is 5.92 Å². The molecule has 0 radical (unpaired) electrons. The minimum absolute atomic E-state index is 0.134.